The molecule has 10 nitrogen and oxygen atoms in total. The summed E-state index contributed by atoms with van der Waals surface area (Å²) in [7, 11) is 0. The van der Waals surface area contributed by atoms with E-state index >= 15 is 0 Å². The molecule has 0 spiro atoms. The van der Waals surface area contributed by atoms with Crippen molar-refractivity contribution in [1.82, 2.24) is 20.9 Å². The fourth-order valence-electron chi connectivity index (χ4n) is 8.08. The number of hydrogen-bond acceptors (Lipinski definition) is 6. The molecule has 0 aromatic heterocycles. The standard InChI is InChI=1S/C33H52N4O6/c1-8-12-23(27(38)29(40)34-15-9-2)35-28(39)26-24-22(33(24,6)7)18-37(26)30(41)25(36-31(42)43-32(3,4)5)21-16-19-13-10-11-14-20(19)17-21/h9,19-26H,2,8,10-18H2,1,3-7H3,(H,34,40)(H,35,39)(H,36,42). The summed E-state index contributed by atoms with van der Waals surface area (Å²) in [5.41, 5.74) is -0.859. The number of likely N-dealkylation sites (tertiary alicyclic amines) is 1. The molecule has 7 unspecified atom stereocenters. The molecule has 10 heteroatoms. The molecule has 7 atom stereocenters. The van der Waals surface area contributed by atoms with Crippen molar-refractivity contribution in [1.29, 1.82) is 0 Å². The van der Waals surface area contributed by atoms with Gasteiger partial charge in [-0.3, -0.25) is 19.2 Å². The average Bonchev–Trinajstić information content (AvgIpc) is 3.30. The van der Waals surface area contributed by atoms with E-state index in [2.05, 4.69) is 36.4 Å². The van der Waals surface area contributed by atoms with E-state index in [-0.39, 0.29) is 35.6 Å². The molecule has 1 heterocycles. The van der Waals surface area contributed by atoms with Crippen molar-refractivity contribution in [2.75, 3.05) is 13.1 Å². The minimum Gasteiger partial charge on any atom is -0.444 e. The molecule has 4 aliphatic rings. The fraction of sp³-hybridized carbons (Fsp3) is 0.788. The van der Waals surface area contributed by atoms with Crippen LogP contribution in [0.2, 0.25) is 0 Å². The normalized spacial score (nSPS) is 30.2. The Labute approximate surface area is 256 Å². The van der Waals surface area contributed by atoms with Gasteiger partial charge in [0.25, 0.3) is 5.91 Å². The Balaban J connectivity index is 1.57. The third-order valence-electron chi connectivity index (χ3n) is 10.3. The van der Waals surface area contributed by atoms with Crippen LogP contribution in [0.1, 0.15) is 92.9 Å². The Morgan fingerprint density at radius 1 is 1.05 bits per heavy atom. The molecule has 3 aliphatic carbocycles. The van der Waals surface area contributed by atoms with Crippen LogP contribution < -0.4 is 16.0 Å². The second-order valence-corrected chi connectivity index (χ2v) is 14.8. The minimum absolute atomic E-state index is 0.0373. The van der Waals surface area contributed by atoms with Crippen LogP contribution in [0, 0.1) is 35.0 Å². The number of hydrogen-bond donors (Lipinski definition) is 3. The summed E-state index contributed by atoms with van der Waals surface area (Å²) < 4.78 is 5.57. The van der Waals surface area contributed by atoms with Crippen molar-refractivity contribution in [3.05, 3.63) is 12.7 Å². The van der Waals surface area contributed by atoms with Gasteiger partial charge in [-0.05, 0) is 75.0 Å². The lowest BCUT2D eigenvalue weighted by Gasteiger charge is -2.35. The number of alkyl carbamates (subject to hydrolysis) is 1. The van der Waals surface area contributed by atoms with Crippen LogP contribution in [0.15, 0.2) is 12.7 Å². The number of ketones is 1. The molecule has 240 valence electrons. The maximum Gasteiger partial charge on any atom is 0.408 e. The SMILES string of the molecule is C=CCNC(=O)C(=O)C(CCC)NC(=O)C1C2C(CN1C(=O)C(NC(=O)OC(C)(C)C)C1CC3CCCCC3C1)C2(C)C. The molecule has 4 rings (SSSR count). The van der Waals surface area contributed by atoms with Crippen LogP contribution in [-0.2, 0) is 23.9 Å². The number of piperidine rings is 1. The number of Topliss-reactive ketones (excluding diaryl/α,β-unsaturated/α-hetero) is 1. The van der Waals surface area contributed by atoms with Crippen molar-refractivity contribution in [2.24, 2.45) is 35.0 Å². The number of amides is 4. The van der Waals surface area contributed by atoms with Crippen LogP contribution in [-0.4, -0.2) is 71.3 Å². The molecule has 1 saturated heterocycles. The lowest BCUT2D eigenvalue weighted by molar-refractivity contribution is -0.144. The number of rotatable bonds is 11. The Hall–Kier alpha value is -2.91. The average molecular weight is 601 g/mol. The number of carbonyl (C=O) groups excluding carboxylic acids is 5. The zero-order valence-electron chi connectivity index (χ0n) is 26.9. The van der Waals surface area contributed by atoms with Crippen molar-refractivity contribution >= 4 is 29.6 Å². The Morgan fingerprint density at radius 3 is 2.23 bits per heavy atom. The third kappa shape index (κ3) is 7.26. The van der Waals surface area contributed by atoms with Gasteiger partial charge < -0.3 is 25.6 Å². The highest BCUT2D eigenvalue weighted by Crippen LogP contribution is 2.65. The molecular formula is C33H52N4O6. The highest BCUT2D eigenvalue weighted by Gasteiger charge is 2.70. The van der Waals surface area contributed by atoms with Gasteiger partial charge in [-0.2, -0.15) is 0 Å². The minimum atomic E-state index is -0.992. The first-order valence-corrected chi connectivity index (χ1v) is 16.2. The van der Waals surface area contributed by atoms with Gasteiger partial charge in [0.2, 0.25) is 17.6 Å². The molecule has 0 bridgehead atoms. The zero-order valence-corrected chi connectivity index (χ0v) is 26.9. The first-order chi connectivity index (χ1) is 20.2. The maximum absolute atomic E-state index is 14.4. The van der Waals surface area contributed by atoms with E-state index in [9.17, 15) is 24.0 Å². The lowest BCUT2D eigenvalue weighted by atomic mass is 9.82. The fourth-order valence-corrected chi connectivity index (χ4v) is 8.08. The highest BCUT2D eigenvalue weighted by molar-refractivity contribution is 6.38. The topological polar surface area (TPSA) is 134 Å². The largest absolute Gasteiger partial charge is 0.444 e. The zero-order chi connectivity index (χ0) is 31.7. The first kappa shape index (κ1) is 33.0. The summed E-state index contributed by atoms with van der Waals surface area (Å²) in [6.07, 6.45) is 8.16. The lowest BCUT2D eigenvalue weighted by Crippen LogP contribution is -2.59. The molecule has 0 aromatic carbocycles. The molecule has 3 saturated carbocycles. The molecule has 0 radical (unpaired) electrons. The molecule has 4 amide bonds. The summed E-state index contributed by atoms with van der Waals surface area (Å²) in [5, 5.41) is 8.26. The van der Waals surface area contributed by atoms with Gasteiger partial charge in [-0.25, -0.2) is 4.79 Å². The molecule has 3 N–H and O–H groups in total. The van der Waals surface area contributed by atoms with Crippen molar-refractivity contribution < 1.29 is 28.7 Å². The van der Waals surface area contributed by atoms with Crippen LogP contribution in [0.3, 0.4) is 0 Å². The Kier molecular flexibility index (Phi) is 9.96. The number of ether oxygens (including phenoxy) is 1. The van der Waals surface area contributed by atoms with E-state index in [1.54, 1.807) is 25.7 Å². The van der Waals surface area contributed by atoms with Gasteiger partial charge >= 0.3 is 6.09 Å². The molecular weight excluding hydrogens is 548 g/mol. The second-order valence-electron chi connectivity index (χ2n) is 14.8. The van der Waals surface area contributed by atoms with E-state index in [4.69, 9.17) is 4.74 Å². The van der Waals surface area contributed by atoms with Crippen LogP contribution in [0.5, 0.6) is 0 Å². The van der Waals surface area contributed by atoms with Crippen molar-refractivity contribution in [2.45, 2.75) is 117 Å². The smallest absolute Gasteiger partial charge is 0.408 e. The van der Waals surface area contributed by atoms with E-state index in [1.165, 1.54) is 18.9 Å². The van der Waals surface area contributed by atoms with Gasteiger partial charge in [0, 0.05) is 13.1 Å². The number of carbonyl (C=O) groups is 5. The second kappa shape index (κ2) is 13.0. The predicted molar refractivity (Wildman–Crippen MR) is 163 cm³/mol. The van der Waals surface area contributed by atoms with Crippen molar-refractivity contribution in [3.63, 3.8) is 0 Å². The number of nitrogens with one attached hydrogen (secondary N) is 3. The first-order valence-electron chi connectivity index (χ1n) is 16.2. The Morgan fingerprint density at radius 2 is 1.67 bits per heavy atom. The molecule has 1 aliphatic heterocycles. The quantitative estimate of drug-likeness (QED) is 0.244. The summed E-state index contributed by atoms with van der Waals surface area (Å²) in [4.78, 5) is 68.4. The van der Waals surface area contributed by atoms with E-state index in [1.807, 2.05) is 6.92 Å². The van der Waals surface area contributed by atoms with E-state index in [0.29, 0.717) is 31.2 Å². The third-order valence-corrected chi connectivity index (χ3v) is 10.3. The maximum atomic E-state index is 14.4. The number of nitrogens with zero attached hydrogens (tertiary/aromatic N) is 1. The highest BCUT2D eigenvalue weighted by atomic mass is 16.6. The number of fused-ring (bicyclic) bond motifs is 2. The molecule has 43 heavy (non-hydrogen) atoms. The summed E-state index contributed by atoms with van der Waals surface area (Å²) in [6.45, 7) is 15.6. The van der Waals surface area contributed by atoms with Gasteiger partial charge in [0.15, 0.2) is 0 Å². The molecule has 0 aromatic rings. The van der Waals surface area contributed by atoms with E-state index < -0.39 is 47.4 Å². The Bertz CT molecular complexity index is 1100. The summed E-state index contributed by atoms with van der Waals surface area (Å²) in [5.74, 6) is -1.05. The monoisotopic (exact) mass is 600 g/mol. The summed E-state index contributed by atoms with van der Waals surface area (Å²) in [6, 6.07) is -2.58. The summed E-state index contributed by atoms with van der Waals surface area (Å²) >= 11 is 0. The van der Waals surface area contributed by atoms with Gasteiger partial charge in [0.05, 0.1) is 6.04 Å². The van der Waals surface area contributed by atoms with Gasteiger partial charge in [-0.15, -0.1) is 6.58 Å². The van der Waals surface area contributed by atoms with Crippen molar-refractivity contribution in [3.8, 4) is 0 Å². The predicted octanol–water partition coefficient (Wildman–Crippen LogP) is 3.74. The van der Waals surface area contributed by atoms with E-state index in [0.717, 1.165) is 25.7 Å². The van der Waals surface area contributed by atoms with Crippen LogP contribution in [0.25, 0.3) is 0 Å². The van der Waals surface area contributed by atoms with Crippen LogP contribution >= 0.6 is 0 Å². The van der Waals surface area contributed by atoms with Gasteiger partial charge in [-0.1, -0.05) is 59.0 Å². The van der Waals surface area contributed by atoms with Gasteiger partial charge in [0.1, 0.15) is 17.7 Å². The van der Waals surface area contributed by atoms with Crippen LogP contribution in [0.4, 0.5) is 4.79 Å². The molecule has 4 fully saturated rings.